The molecule has 2 amide bonds. The maximum atomic E-state index is 12.3. The first-order valence-electron chi connectivity index (χ1n) is 10.4. The summed E-state index contributed by atoms with van der Waals surface area (Å²) in [7, 11) is 1.58. The van der Waals surface area contributed by atoms with Gasteiger partial charge in [-0.2, -0.15) is 5.10 Å². The molecule has 0 spiro atoms. The Morgan fingerprint density at radius 3 is 2.44 bits per heavy atom. The van der Waals surface area contributed by atoms with Crippen molar-refractivity contribution in [2.75, 3.05) is 25.6 Å². The average Bonchev–Trinajstić information content (AvgIpc) is 2.84. The first kappa shape index (κ1) is 24.8. The van der Waals surface area contributed by atoms with Crippen LogP contribution in [0.15, 0.2) is 76.3 Å². The molecule has 0 heterocycles. The number of hydrogen-bond acceptors (Lipinski definition) is 6. The molecular formula is C25H24BrN3O5. The maximum Gasteiger partial charge on any atom is 0.271 e. The molecule has 0 atom stereocenters. The molecule has 34 heavy (non-hydrogen) atoms. The van der Waals surface area contributed by atoms with Crippen molar-refractivity contribution in [2.45, 2.75) is 6.92 Å². The lowest BCUT2D eigenvalue weighted by atomic mass is 10.2. The minimum absolute atomic E-state index is 0.217. The molecule has 9 heteroatoms. The van der Waals surface area contributed by atoms with Gasteiger partial charge in [-0.1, -0.05) is 18.2 Å². The van der Waals surface area contributed by atoms with Gasteiger partial charge in [0.1, 0.15) is 5.75 Å². The molecule has 3 rings (SSSR count). The van der Waals surface area contributed by atoms with E-state index in [1.54, 1.807) is 67.8 Å². The SMILES string of the molecule is CCOc1cc(/C=N/NC(=O)c2ccccc2)cc(Br)c1OCC(=O)Nc1ccc(OC)cc1. The van der Waals surface area contributed by atoms with E-state index in [2.05, 4.69) is 31.8 Å². The molecule has 0 radical (unpaired) electrons. The fourth-order valence-electron chi connectivity index (χ4n) is 2.89. The Morgan fingerprint density at radius 2 is 1.76 bits per heavy atom. The van der Waals surface area contributed by atoms with Gasteiger partial charge in [-0.25, -0.2) is 5.43 Å². The van der Waals surface area contributed by atoms with Gasteiger partial charge >= 0.3 is 0 Å². The Bertz CT molecular complexity index is 1150. The van der Waals surface area contributed by atoms with Crippen molar-refractivity contribution in [2.24, 2.45) is 5.10 Å². The molecular weight excluding hydrogens is 502 g/mol. The summed E-state index contributed by atoms with van der Waals surface area (Å²) in [6.45, 7) is 2.02. The molecule has 0 unspecified atom stereocenters. The summed E-state index contributed by atoms with van der Waals surface area (Å²) in [5, 5.41) is 6.77. The van der Waals surface area contributed by atoms with Gasteiger partial charge in [-0.3, -0.25) is 9.59 Å². The number of nitrogens with zero attached hydrogens (tertiary/aromatic N) is 1. The quantitative estimate of drug-likeness (QED) is 0.297. The number of carbonyl (C=O) groups is 2. The van der Waals surface area contributed by atoms with Crippen LogP contribution < -0.4 is 25.0 Å². The minimum atomic E-state index is -0.325. The van der Waals surface area contributed by atoms with E-state index in [1.165, 1.54) is 6.21 Å². The molecule has 3 aromatic rings. The highest BCUT2D eigenvalue weighted by Crippen LogP contribution is 2.36. The summed E-state index contributed by atoms with van der Waals surface area (Å²) in [4.78, 5) is 24.4. The molecule has 8 nitrogen and oxygen atoms in total. The zero-order valence-corrected chi connectivity index (χ0v) is 20.3. The highest BCUT2D eigenvalue weighted by Gasteiger charge is 2.14. The van der Waals surface area contributed by atoms with Crippen LogP contribution in [0.2, 0.25) is 0 Å². The molecule has 0 saturated heterocycles. The predicted molar refractivity (Wildman–Crippen MR) is 134 cm³/mol. The van der Waals surface area contributed by atoms with Gasteiger partial charge in [0.25, 0.3) is 11.8 Å². The third-order valence-electron chi connectivity index (χ3n) is 4.47. The molecule has 3 aromatic carbocycles. The molecule has 0 fully saturated rings. The van der Waals surface area contributed by atoms with E-state index in [0.717, 1.165) is 0 Å². The normalized spacial score (nSPS) is 10.6. The van der Waals surface area contributed by atoms with Crippen LogP contribution in [0.1, 0.15) is 22.8 Å². The van der Waals surface area contributed by atoms with E-state index in [9.17, 15) is 9.59 Å². The van der Waals surface area contributed by atoms with Crippen LogP contribution in [-0.2, 0) is 4.79 Å². The molecule has 0 saturated carbocycles. The lowest BCUT2D eigenvalue weighted by molar-refractivity contribution is -0.118. The number of benzene rings is 3. The van der Waals surface area contributed by atoms with Crippen LogP contribution in [0.4, 0.5) is 5.69 Å². The van der Waals surface area contributed by atoms with Crippen LogP contribution in [0.3, 0.4) is 0 Å². The molecule has 0 aliphatic heterocycles. The summed E-state index contributed by atoms with van der Waals surface area (Å²) in [6.07, 6.45) is 1.49. The zero-order chi connectivity index (χ0) is 24.3. The van der Waals surface area contributed by atoms with Gasteiger partial charge in [-0.05, 0) is 76.9 Å². The lowest BCUT2D eigenvalue weighted by Crippen LogP contribution is -2.20. The highest BCUT2D eigenvalue weighted by molar-refractivity contribution is 9.10. The van der Waals surface area contributed by atoms with Crippen molar-refractivity contribution in [3.63, 3.8) is 0 Å². The van der Waals surface area contributed by atoms with Crippen molar-refractivity contribution in [3.8, 4) is 17.2 Å². The predicted octanol–water partition coefficient (Wildman–Crippen LogP) is 4.64. The van der Waals surface area contributed by atoms with E-state index in [0.29, 0.717) is 45.1 Å². The zero-order valence-electron chi connectivity index (χ0n) is 18.7. The lowest BCUT2D eigenvalue weighted by Gasteiger charge is -2.14. The fourth-order valence-corrected chi connectivity index (χ4v) is 3.47. The van der Waals surface area contributed by atoms with Crippen LogP contribution >= 0.6 is 15.9 Å². The van der Waals surface area contributed by atoms with Gasteiger partial charge in [0.05, 0.1) is 24.4 Å². The van der Waals surface area contributed by atoms with Crippen LogP contribution in [-0.4, -0.2) is 38.4 Å². The van der Waals surface area contributed by atoms with Crippen LogP contribution in [0.5, 0.6) is 17.2 Å². The number of rotatable bonds is 10. The van der Waals surface area contributed by atoms with E-state index in [-0.39, 0.29) is 18.4 Å². The first-order chi connectivity index (χ1) is 16.5. The Morgan fingerprint density at radius 1 is 1.03 bits per heavy atom. The maximum absolute atomic E-state index is 12.3. The topological polar surface area (TPSA) is 98.3 Å². The molecule has 0 bridgehead atoms. The summed E-state index contributed by atoms with van der Waals surface area (Å²) in [5.74, 6) is 0.877. The second-order valence-electron chi connectivity index (χ2n) is 6.89. The fraction of sp³-hybridized carbons (Fsp3) is 0.160. The third kappa shape index (κ3) is 7.08. The number of halogens is 1. The standard InChI is InChI=1S/C25H24BrN3O5/c1-3-33-22-14-17(15-27-29-25(31)18-7-5-4-6-8-18)13-21(26)24(22)34-16-23(30)28-19-9-11-20(32-2)12-10-19/h4-15H,3,16H2,1-2H3,(H,28,30)(H,29,31)/b27-15+. The van der Waals surface area contributed by atoms with Gasteiger partial charge in [0.2, 0.25) is 0 Å². The molecule has 0 aromatic heterocycles. The van der Waals surface area contributed by atoms with Gasteiger partial charge < -0.3 is 19.5 Å². The van der Waals surface area contributed by atoms with Gasteiger partial charge in [0, 0.05) is 11.3 Å². The van der Waals surface area contributed by atoms with E-state index in [1.807, 2.05) is 13.0 Å². The van der Waals surface area contributed by atoms with Crippen molar-refractivity contribution < 1.29 is 23.8 Å². The Hall–Kier alpha value is -3.85. The number of anilines is 1. The number of nitrogens with one attached hydrogen (secondary N) is 2. The Balaban J connectivity index is 1.64. The van der Waals surface area contributed by atoms with Crippen LogP contribution in [0.25, 0.3) is 0 Å². The van der Waals surface area contributed by atoms with Crippen molar-refractivity contribution >= 4 is 39.6 Å². The van der Waals surface area contributed by atoms with Gasteiger partial charge in [0.15, 0.2) is 18.1 Å². The molecule has 2 N–H and O–H groups in total. The number of ether oxygens (including phenoxy) is 3. The van der Waals surface area contributed by atoms with E-state index >= 15 is 0 Å². The molecule has 176 valence electrons. The number of hydrogen-bond donors (Lipinski definition) is 2. The van der Waals surface area contributed by atoms with Crippen LogP contribution in [0, 0.1) is 0 Å². The van der Waals surface area contributed by atoms with E-state index < -0.39 is 0 Å². The monoisotopic (exact) mass is 525 g/mol. The first-order valence-corrected chi connectivity index (χ1v) is 11.2. The average molecular weight is 526 g/mol. The second kappa shape index (κ2) is 12.4. The van der Waals surface area contributed by atoms with Crippen molar-refractivity contribution in [1.29, 1.82) is 0 Å². The summed E-state index contributed by atoms with van der Waals surface area (Å²) >= 11 is 3.46. The highest BCUT2D eigenvalue weighted by atomic mass is 79.9. The number of methoxy groups -OCH3 is 1. The smallest absolute Gasteiger partial charge is 0.271 e. The largest absolute Gasteiger partial charge is 0.497 e. The number of amides is 2. The van der Waals surface area contributed by atoms with Gasteiger partial charge in [-0.15, -0.1) is 0 Å². The summed E-state index contributed by atoms with van der Waals surface area (Å²) in [5.41, 5.74) is 4.29. The Labute approximate surface area is 206 Å². The van der Waals surface area contributed by atoms with Crippen molar-refractivity contribution in [1.82, 2.24) is 5.43 Å². The summed E-state index contributed by atoms with van der Waals surface area (Å²) in [6, 6.07) is 19.2. The summed E-state index contributed by atoms with van der Waals surface area (Å²) < 4.78 is 17.1. The molecule has 0 aliphatic rings. The Kier molecular flexibility index (Phi) is 9.04. The van der Waals surface area contributed by atoms with E-state index in [4.69, 9.17) is 14.2 Å². The third-order valence-corrected chi connectivity index (χ3v) is 5.06. The number of carbonyl (C=O) groups excluding carboxylic acids is 2. The minimum Gasteiger partial charge on any atom is -0.497 e. The molecule has 0 aliphatic carbocycles. The second-order valence-corrected chi connectivity index (χ2v) is 7.75. The van der Waals surface area contributed by atoms with Crippen molar-refractivity contribution in [3.05, 3.63) is 82.3 Å². The number of hydrazone groups is 1.